The number of nitrogens with one attached hydrogen (secondary N) is 1. The molecule has 0 radical (unpaired) electrons. The van der Waals surface area contributed by atoms with Gasteiger partial charge < -0.3 is 4.52 Å². The van der Waals surface area contributed by atoms with Crippen molar-refractivity contribution in [1.82, 2.24) is 10.1 Å². The van der Waals surface area contributed by atoms with Crippen LogP contribution in [0.1, 0.15) is 77.5 Å². The van der Waals surface area contributed by atoms with E-state index in [-0.39, 0.29) is 11.9 Å². The van der Waals surface area contributed by atoms with Gasteiger partial charge in [-0.3, -0.25) is 10.1 Å². The second-order valence-electron chi connectivity index (χ2n) is 5.27. The van der Waals surface area contributed by atoms with Crippen LogP contribution in [0.25, 0.3) is 0 Å². The molecule has 0 bridgehead atoms. The number of nitrogens with zero attached hydrogens (tertiary/aromatic N) is 2. The van der Waals surface area contributed by atoms with Crippen LogP contribution in [0.2, 0.25) is 0 Å². The molecule has 0 fully saturated rings. The van der Waals surface area contributed by atoms with Crippen molar-refractivity contribution in [3.63, 3.8) is 0 Å². The first-order valence-corrected chi connectivity index (χ1v) is 7.82. The van der Waals surface area contributed by atoms with Gasteiger partial charge in [0, 0.05) is 13.3 Å². The molecular formula is C15H27N3O2. The van der Waals surface area contributed by atoms with Gasteiger partial charge in [-0.1, -0.05) is 58.3 Å². The number of hydrogen-bond donors (Lipinski definition) is 1. The van der Waals surface area contributed by atoms with Crippen LogP contribution in [0, 0.1) is 0 Å². The number of aromatic nitrogens is 2. The van der Waals surface area contributed by atoms with Crippen LogP contribution in [0.4, 0.5) is 5.95 Å². The number of aryl methyl sites for hydroxylation is 1. The van der Waals surface area contributed by atoms with Crippen LogP contribution in [0.5, 0.6) is 0 Å². The lowest BCUT2D eigenvalue weighted by atomic mass is 10.1. The Morgan fingerprint density at radius 1 is 1.05 bits per heavy atom. The lowest BCUT2D eigenvalue weighted by molar-refractivity contribution is -0.114. The zero-order valence-electron chi connectivity index (χ0n) is 12.8. The Morgan fingerprint density at radius 2 is 1.65 bits per heavy atom. The molecule has 0 saturated heterocycles. The van der Waals surface area contributed by atoms with Gasteiger partial charge in [-0.15, -0.1) is 0 Å². The zero-order valence-corrected chi connectivity index (χ0v) is 12.8. The Kier molecular flexibility index (Phi) is 8.67. The topological polar surface area (TPSA) is 68.0 Å². The first-order valence-electron chi connectivity index (χ1n) is 7.82. The summed E-state index contributed by atoms with van der Waals surface area (Å²) < 4.78 is 5.06. The van der Waals surface area contributed by atoms with Gasteiger partial charge in [-0.2, -0.15) is 4.98 Å². The first kappa shape index (κ1) is 16.7. The summed E-state index contributed by atoms with van der Waals surface area (Å²) in [6, 6.07) is 0. The Morgan fingerprint density at radius 3 is 2.25 bits per heavy atom. The van der Waals surface area contributed by atoms with E-state index in [1.807, 2.05) is 0 Å². The summed E-state index contributed by atoms with van der Waals surface area (Å²) in [4.78, 5) is 14.9. The second-order valence-corrected chi connectivity index (χ2v) is 5.27. The summed E-state index contributed by atoms with van der Waals surface area (Å²) in [6.45, 7) is 3.67. The van der Waals surface area contributed by atoms with Crippen LogP contribution in [-0.4, -0.2) is 16.0 Å². The summed E-state index contributed by atoms with van der Waals surface area (Å²) in [5.74, 6) is 0.695. The molecule has 5 nitrogen and oxygen atoms in total. The molecule has 1 heterocycles. The molecule has 0 aliphatic heterocycles. The van der Waals surface area contributed by atoms with Crippen molar-refractivity contribution in [1.29, 1.82) is 0 Å². The van der Waals surface area contributed by atoms with Gasteiger partial charge in [-0.25, -0.2) is 0 Å². The van der Waals surface area contributed by atoms with Crippen LogP contribution >= 0.6 is 0 Å². The highest BCUT2D eigenvalue weighted by Crippen LogP contribution is 2.12. The van der Waals surface area contributed by atoms with Crippen LogP contribution in [0.15, 0.2) is 4.52 Å². The Balaban J connectivity index is 1.98. The predicted octanol–water partition coefficient (Wildman–Crippen LogP) is 4.10. The average molecular weight is 281 g/mol. The number of amides is 1. The number of anilines is 1. The largest absolute Gasteiger partial charge is 0.337 e. The van der Waals surface area contributed by atoms with Gasteiger partial charge in [0.25, 0.3) is 5.95 Å². The highest BCUT2D eigenvalue weighted by molar-refractivity contribution is 5.86. The highest BCUT2D eigenvalue weighted by Gasteiger charge is 2.06. The van der Waals surface area contributed by atoms with E-state index in [9.17, 15) is 4.79 Å². The lowest BCUT2D eigenvalue weighted by Crippen LogP contribution is -2.07. The molecule has 0 saturated carbocycles. The Hall–Kier alpha value is -1.39. The van der Waals surface area contributed by atoms with E-state index in [1.54, 1.807) is 0 Å². The van der Waals surface area contributed by atoms with Crippen molar-refractivity contribution < 1.29 is 9.32 Å². The number of unbranched alkanes of at least 4 members (excludes halogenated alkanes) is 8. The molecule has 1 aromatic rings. The minimum Gasteiger partial charge on any atom is -0.337 e. The molecule has 1 rings (SSSR count). The molecule has 0 unspecified atom stereocenters. The molecule has 1 N–H and O–H groups in total. The summed E-state index contributed by atoms with van der Waals surface area (Å²) in [6.07, 6.45) is 12.4. The minimum atomic E-state index is -0.180. The third kappa shape index (κ3) is 7.92. The average Bonchev–Trinajstić information content (AvgIpc) is 2.83. The van der Waals surface area contributed by atoms with Gasteiger partial charge in [0.05, 0.1) is 0 Å². The maximum atomic E-state index is 10.8. The maximum absolute atomic E-state index is 10.8. The van der Waals surface area contributed by atoms with E-state index < -0.39 is 0 Å². The molecule has 0 aliphatic carbocycles. The minimum absolute atomic E-state index is 0.180. The Bertz CT molecular complexity index is 377. The van der Waals surface area contributed by atoms with Gasteiger partial charge >= 0.3 is 0 Å². The Labute approximate surface area is 121 Å². The first-order chi connectivity index (χ1) is 9.72. The number of carbonyl (C=O) groups excluding carboxylic acids is 1. The molecule has 5 heteroatoms. The summed E-state index contributed by atoms with van der Waals surface area (Å²) in [5, 5.41) is 6.20. The quantitative estimate of drug-likeness (QED) is 0.620. The van der Waals surface area contributed by atoms with Crippen LogP contribution in [-0.2, 0) is 11.2 Å². The third-order valence-electron chi connectivity index (χ3n) is 3.25. The third-order valence-corrected chi connectivity index (χ3v) is 3.25. The SMILES string of the molecule is CCCCCCCCCCCc1nc(NC(C)=O)no1. The molecular weight excluding hydrogens is 254 g/mol. The fraction of sp³-hybridized carbons (Fsp3) is 0.800. The number of carbonyl (C=O) groups is 1. The fourth-order valence-corrected chi connectivity index (χ4v) is 2.15. The van der Waals surface area contributed by atoms with E-state index in [0.29, 0.717) is 5.89 Å². The van der Waals surface area contributed by atoms with Gasteiger partial charge in [0.2, 0.25) is 11.8 Å². The zero-order chi connectivity index (χ0) is 14.6. The van der Waals surface area contributed by atoms with E-state index in [0.717, 1.165) is 12.8 Å². The van der Waals surface area contributed by atoms with Crippen molar-refractivity contribution in [2.75, 3.05) is 5.32 Å². The van der Waals surface area contributed by atoms with Crippen molar-refractivity contribution >= 4 is 11.9 Å². The standard InChI is InChI=1S/C15H27N3O2/c1-3-4-5-6-7-8-9-10-11-12-14-17-15(18-20-14)16-13(2)19/h3-12H2,1-2H3,(H,16,18,19). The van der Waals surface area contributed by atoms with Crippen LogP contribution < -0.4 is 5.32 Å². The van der Waals surface area contributed by atoms with Gasteiger partial charge in [0.15, 0.2) is 0 Å². The van der Waals surface area contributed by atoms with Gasteiger partial charge in [-0.05, 0) is 11.6 Å². The molecule has 0 aliphatic rings. The van der Waals surface area contributed by atoms with Crippen LogP contribution in [0.3, 0.4) is 0 Å². The van der Waals surface area contributed by atoms with E-state index in [1.165, 1.54) is 58.3 Å². The molecule has 0 aromatic carbocycles. The summed E-state index contributed by atoms with van der Waals surface area (Å²) >= 11 is 0. The number of hydrogen-bond acceptors (Lipinski definition) is 4. The molecule has 1 amide bonds. The molecule has 20 heavy (non-hydrogen) atoms. The lowest BCUT2D eigenvalue weighted by Gasteiger charge is -2.00. The van der Waals surface area contributed by atoms with Crippen molar-refractivity contribution in [2.24, 2.45) is 0 Å². The normalized spacial score (nSPS) is 10.7. The summed E-state index contributed by atoms with van der Waals surface area (Å²) in [5.41, 5.74) is 0. The summed E-state index contributed by atoms with van der Waals surface area (Å²) in [7, 11) is 0. The second kappa shape index (κ2) is 10.4. The van der Waals surface area contributed by atoms with E-state index in [2.05, 4.69) is 22.4 Å². The van der Waals surface area contributed by atoms with E-state index in [4.69, 9.17) is 4.52 Å². The number of rotatable bonds is 11. The molecule has 0 atom stereocenters. The van der Waals surface area contributed by atoms with E-state index >= 15 is 0 Å². The van der Waals surface area contributed by atoms with Crippen molar-refractivity contribution in [3.8, 4) is 0 Å². The van der Waals surface area contributed by atoms with Crippen molar-refractivity contribution in [2.45, 2.75) is 78.1 Å². The highest BCUT2D eigenvalue weighted by atomic mass is 16.5. The maximum Gasteiger partial charge on any atom is 0.270 e. The molecule has 1 aromatic heterocycles. The smallest absolute Gasteiger partial charge is 0.270 e. The fourth-order valence-electron chi connectivity index (χ4n) is 2.15. The predicted molar refractivity (Wildman–Crippen MR) is 79.5 cm³/mol. The molecule has 114 valence electrons. The van der Waals surface area contributed by atoms with Gasteiger partial charge in [0.1, 0.15) is 0 Å². The molecule has 0 spiro atoms. The van der Waals surface area contributed by atoms with Crippen molar-refractivity contribution in [3.05, 3.63) is 5.89 Å². The monoisotopic (exact) mass is 281 g/mol.